The molecule has 1 unspecified atom stereocenters. The molecule has 1 atom stereocenters. The highest BCUT2D eigenvalue weighted by molar-refractivity contribution is 5.93. The lowest BCUT2D eigenvalue weighted by molar-refractivity contribution is -0.150. The van der Waals surface area contributed by atoms with E-state index in [0.717, 1.165) is 11.1 Å². The van der Waals surface area contributed by atoms with Crippen LogP contribution in [0, 0.1) is 5.41 Å². The molecule has 3 rings (SSSR count). The standard InChI is InChI=1S/C19H18O5/c1-4-14-11-19(18(21)23-3)10-13-8-6-5-7-12(13)9-15(16(19)24-14)17(20)22-2/h5-8H,1,9-11H2,2-3H3. The number of ether oxygens (including phenoxy) is 3. The van der Waals surface area contributed by atoms with Crippen LogP contribution in [0.4, 0.5) is 0 Å². The van der Waals surface area contributed by atoms with Crippen molar-refractivity contribution in [1.29, 1.82) is 0 Å². The van der Waals surface area contributed by atoms with Crippen molar-refractivity contribution in [1.82, 2.24) is 0 Å². The Balaban J connectivity index is 2.29. The number of allylic oxidation sites excluding steroid dienone is 1. The molecule has 0 amide bonds. The van der Waals surface area contributed by atoms with Crippen LogP contribution in [0.1, 0.15) is 17.5 Å². The second-order valence-corrected chi connectivity index (χ2v) is 5.87. The predicted octanol–water partition coefficient (Wildman–Crippen LogP) is 2.46. The average Bonchev–Trinajstić information content (AvgIpc) is 2.92. The number of rotatable bonds is 2. The summed E-state index contributed by atoms with van der Waals surface area (Å²) < 4.78 is 15.8. The molecular weight excluding hydrogens is 308 g/mol. The summed E-state index contributed by atoms with van der Waals surface area (Å²) in [4.78, 5) is 25.1. The topological polar surface area (TPSA) is 61.8 Å². The largest absolute Gasteiger partial charge is 0.468 e. The minimum Gasteiger partial charge on any atom is -0.468 e. The Kier molecular flexibility index (Phi) is 4.04. The quantitative estimate of drug-likeness (QED) is 0.617. The van der Waals surface area contributed by atoms with Crippen LogP contribution in [0.15, 0.2) is 53.7 Å². The fourth-order valence-corrected chi connectivity index (χ4v) is 3.42. The summed E-state index contributed by atoms with van der Waals surface area (Å²) >= 11 is 0. The number of carbonyl (C=O) groups excluding carboxylic acids is 2. The van der Waals surface area contributed by atoms with E-state index in [9.17, 15) is 9.59 Å². The SMILES string of the molecule is C=C=C1CC2(C(=O)OC)Cc3ccccc3CC(C(=O)OC)=C2O1. The van der Waals surface area contributed by atoms with Crippen LogP contribution in [-0.2, 0) is 36.6 Å². The molecule has 1 heterocycles. The van der Waals surface area contributed by atoms with Crippen molar-refractivity contribution in [3.63, 3.8) is 0 Å². The summed E-state index contributed by atoms with van der Waals surface area (Å²) in [6, 6.07) is 7.70. The van der Waals surface area contributed by atoms with E-state index in [1.54, 1.807) is 0 Å². The minimum absolute atomic E-state index is 0.257. The molecule has 0 radical (unpaired) electrons. The Hall–Kier alpha value is -2.78. The zero-order chi connectivity index (χ0) is 17.3. The van der Waals surface area contributed by atoms with Crippen LogP contribution in [0.2, 0.25) is 0 Å². The normalized spacial score (nSPS) is 21.8. The number of fused-ring (bicyclic) bond motifs is 2. The molecular formula is C19H18O5. The maximum absolute atomic E-state index is 12.7. The number of hydrogen-bond acceptors (Lipinski definition) is 5. The molecule has 0 bridgehead atoms. The monoisotopic (exact) mass is 326 g/mol. The highest BCUT2D eigenvalue weighted by Crippen LogP contribution is 2.50. The van der Waals surface area contributed by atoms with Gasteiger partial charge in [0.05, 0.1) is 19.8 Å². The number of methoxy groups -OCH3 is 2. The van der Waals surface area contributed by atoms with Crippen molar-refractivity contribution in [3.05, 3.63) is 64.8 Å². The van der Waals surface area contributed by atoms with Crippen LogP contribution >= 0.6 is 0 Å². The number of carbonyl (C=O) groups is 2. The Bertz CT molecular complexity index is 798. The Morgan fingerprint density at radius 1 is 1.17 bits per heavy atom. The lowest BCUT2D eigenvalue weighted by Gasteiger charge is -2.24. The summed E-state index contributed by atoms with van der Waals surface area (Å²) in [5.74, 6) is -0.235. The minimum atomic E-state index is -1.09. The van der Waals surface area contributed by atoms with Gasteiger partial charge in [0.2, 0.25) is 0 Å². The van der Waals surface area contributed by atoms with Gasteiger partial charge in [-0.1, -0.05) is 36.6 Å². The molecule has 1 fully saturated rings. The summed E-state index contributed by atoms with van der Waals surface area (Å²) in [5.41, 5.74) is 3.88. The van der Waals surface area contributed by atoms with Crippen molar-refractivity contribution in [2.45, 2.75) is 19.3 Å². The smallest absolute Gasteiger partial charge is 0.337 e. The van der Waals surface area contributed by atoms with Crippen molar-refractivity contribution < 1.29 is 23.8 Å². The lowest BCUT2D eigenvalue weighted by atomic mass is 9.77. The van der Waals surface area contributed by atoms with Gasteiger partial charge in [-0.25, -0.2) is 4.79 Å². The first-order valence-electron chi connectivity index (χ1n) is 7.59. The third-order valence-corrected chi connectivity index (χ3v) is 4.58. The van der Waals surface area contributed by atoms with Gasteiger partial charge in [0.1, 0.15) is 16.9 Å². The van der Waals surface area contributed by atoms with E-state index in [0.29, 0.717) is 29.9 Å². The highest BCUT2D eigenvalue weighted by Gasteiger charge is 2.54. The van der Waals surface area contributed by atoms with Crippen LogP contribution in [0.25, 0.3) is 0 Å². The second kappa shape index (κ2) is 6.02. The molecule has 1 aromatic rings. The zero-order valence-electron chi connectivity index (χ0n) is 13.7. The molecule has 0 spiro atoms. The molecule has 24 heavy (non-hydrogen) atoms. The van der Waals surface area contributed by atoms with Gasteiger partial charge in [0.25, 0.3) is 0 Å². The van der Waals surface area contributed by atoms with Crippen LogP contribution < -0.4 is 0 Å². The predicted molar refractivity (Wildman–Crippen MR) is 85.7 cm³/mol. The summed E-state index contributed by atoms with van der Waals surface area (Å²) in [6.07, 6.45) is 0.978. The number of esters is 2. The summed E-state index contributed by atoms with van der Waals surface area (Å²) in [6.45, 7) is 3.60. The van der Waals surface area contributed by atoms with E-state index >= 15 is 0 Å². The molecule has 1 aliphatic heterocycles. The first kappa shape index (κ1) is 16.1. The molecule has 5 heteroatoms. The van der Waals surface area contributed by atoms with Gasteiger partial charge in [-0.05, 0) is 17.5 Å². The van der Waals surface area contributed by atoms with E-state index in [2.05, 4.69) is 12.3 Å². The molecule has 0 saturated carbocycles. The van der Waals surface area contributed by atoms with Gasteiger partial charge in [-0.3, -0.25) is 4.79 Å². The zero-order valence-corrected chi connectivity index (χ0v) is 13.7. The van der Waals surface area contributed by atoms with E-state index in [4.69, 9.17) is 14.2 Å². The van der Waals surface area contributed by atoms with Gasteiger partial charge in [-0.2, -0.15) is 0 Å². The van der Waals surface area contributed by atoms with Crippen molar-refractivity contribution in [2.24, 2.45) is 5.41 Å². The van der Waals surface area contributed by atoms with Gasteiger partial charge in [0.15, 0.2) is 0 Å². The van der Waals surface area contributed by atoms with E-state index in [1.807, 2.05) is 24.3 Å². The third kappa shape index (κ3) is 2.34. The van der Waals surface area contributed by atoms with Crippen molar-refractivity contribution in [2.75, 3.05) is 14.2 Å². The van der Waals surface area contributed by atoms with Gasteiger partial charge in [0, 0.05) is 12.8 Å². The van der Waals surface area contributed by atoms with E-state index in [1.165, 1.54) is 14.2 Å². The first-order chi connectivity index (χ1) is 11.6. The Morgan fingerprint density at radius 2 is 1.88 bits per heavy atom. The molecule has 1 saturated heterocycles. The maximum Gasteiger partial charge on any atom is 0.337 e. The van der Waals surface area contributed by atoms with Crippen molar-refractivity contribution in [3.8, 4) is 0 Å². The second-order valence-electron chi connectivity index (χ2n) is 5.87. The fourth-order valence-electron chi connectivity index (χ4n) is 3.42. The summed E-state index contributed by atoms with van der Waals surface area (Å²) in [7, 11) is 2.64. The van der Waals surface area contributed by atoms with E-state index in [-0.39, 0.29) is 6.42 Å². The van der Waals surface area contributed by atoms with Gasteiger partial charge in [-0.15, -0.1) is 0 Å². The molecule has 5 nitrogen and oxygen atoms in total. The Labute approximate surface area is 140 Å². The first-order valence-corrected chi connectivity index (χ1v) is 7.59. The summed E-state index contributed by atoms with van der Waals surface area (Å²) in [5, 5.41) is 0. The number of hydrogen-bond donors (Lipinski definition) is 0. The van der Waals surface area contributed by atoms with Crippen molar-refractivity contribution >= 4 is 11.9 Å². The molecule has 0 aromatic heterocycles. The lowest BCUT2D eigenvalue weighted by Crippen LogP contribution is -2.34. The molecule has 124 valence electrons. The Morgan fingerprint density at radius 3 is 2.50 bits per heavy atom. The van der Waals surface area contributed by atoms with Crippen LogP contribution in [-0.4, -0.2) is 26.2 Å². The number of benzene rings is 1. The fraction of sp³-hybridized carbons (Fsp3) is 0.316. The molecule has 2 aliphatic rings. The molecule has 1 aliphatic carbocycles. The van der Waals surface area contributed by atoms with E-state index < -0.39 is 17.4 Å². The molecule has 1 aromatic carbocycles. The maximum atomic E-state index is 12.7. The highest BCUT2D eigenvalue weighted by atomic mass is 16.5. The molecule has 0 N–H and O–H groups in total. The average molecular weight is 326 g/mol. The third-order valence-electron chi connectivity index (χ3n) is 4.58. The van der Waals surface area contributed by atoms with Crippen LogP contribution in [0.5, 0.6) is 0 Å². The van der Waals surface area contributed by atoms with Gasteiger partial charge >= 0.3 is 11.9 Å². The van der Waals surface area contributed by atoms with Crippen LogP contribution in [0.3, 0.4) is 0 Å². The van der Waals surface area contributed by atoms with Gasteiger partial charge < -0.3 is 14.2 Å².